The summed E-state index contributed by atoms with van der Waals surface area (Å²) < 4.78 is 0. The average Bonchev–Trinajstić information content (AvgIpc) is 3.47. The van der Waals surface area contributed by atoms with Gasteiger partial charge in [0.2, 0.25) is 0 Å². The molecule has 0 aliphatic carbocycles. The normalized spacial score (nSPS) is 7.34. The first-order valence-electron chi connectivity index (χ1n) is 24.5. The second kappa shape index (κ2) is 129. The first-order chi connectivity index (χ1) is 33.7. The predicted octanol–water partition coefficient (Wildman–Crippen LogP) is -13.1. The van der Waals surface area contributed by atoms with Crippen LogP contribution in [0.1, 0.15) is 174 Å². The van der Waals surface area contributed by atoms with Gasteiger partial charge >= 0.3 is 132 Å². The van der Waals surface area contributed by atoms with Gasteiger partial charge in [0.15, 0.2) is 0 Å². The zero-order valence-corrected chi connectivity index (χ0v) is 56.3. The van der Waals surface area contributed by atoms with E-state index in [4.69, 9.17) is 0 Å². The van der Waals surface area contributed by atoms with E-state index in [0.717, 1.165) is 6.42 Å². The van der Waals surface area contributed by atoms with Gasteiger partial charge < -0.3 is 68.5 Å². The van der Waals surface area contributed by atoms with Crippen molar-refractivity contribution in [1.29, 1.82) is 0 Å². The van der Waals surface area contributed by atoms with Gasteiger partial charge in [0, 0.05) is 49.6 Å². The molecule has 8 rings (SSSR count). The fourth-order valence-corrected chi connectivity index (χ4v) is 5.41. The van der Waals surface area contributed by atoms with E-state index in [2.05, 4.69) is 131 Å². The van der Waals surface area contributed by atoms with Crippen molar-refractivity contribution in [3.8, 4) is 0 Å². The molecule has 2 unspecified atom stereocenters. The summed E-state index contributed by atoms with van der Waals surface area (Å²) in [6.45, 7) is 25.9. The van der Waals surface area contributed by atoms with Crippen LogP contribution in [0.25, 0.3) is 6.08 Å². The van der Waals surface area contributed by atoms with Crippen LogP contribution in [0.15, 0.2) is 250 Å². The fraction of sp³-hybridized carbons (Fsp3) is 0.314. The van der Waals surface area contributed by atoms with Crippen LogP contribution in [0.4, 0.5) is 0 Å². The van der Waals surface area contributed by atoms with Crippen molar-refractivity contribution in [2.75, 3.05) is 0 Å². The molecule has 0 bridgehead atoms. The second-order valence-corrected chi connectivity index (χ2v) is 13.0. The van der Waals surface area contributed by atoms with Crippen LogP contribution >= 0.6 is 0 Å². The summed E-state index contributed by atoms with van der Waals surface area (Å²) in [5, 5.41) is 0. The third-order valence-corrected chi connectivity index (χ3v) is 8.34. The van der Waals surface area contributed by atoms with E-state index < -0.39 is 0 Å². The van der Waals surface area contributed by atoms with Gasteiger partial charge in [-0.3, -0.25) is 19.9 Å². The maximum atomic E-state index is 3.78. The Morgan fingerprint density at radius 2 is 0.558 bits per heavy atom. The van der Waals surface area contributed by atoms with Gasteiger partial charge in [-0.15, -0.1) is 12.1 Å². The molecule has 4 aromatic carbocycles. The van der Waals surface area contributed by atoms with Crippen LogP contribution in [-0.2, 0) is 0 Å². The van der Waals surface area contributed by atoms with E-state index in [1.165, 1.54) is 35.1 Å². The number of rotatable bonds is 9. The maximum Gasteiger partial charge on any atom is 1.00 e. The van der Waals surface area contributed by atoms with Crippen LogP contribution in [0.3, 0.4) is 0 Å². The predicted molar refractivity (Wildman–Crippen MR) is 343 cm³/mol. The molecule has 4 heterocycles. The monoisotopic (exact) mass is 1230 g/mol. The van der Waals surface area contributed by atoms with Gasteiger partial charge in [-0.2, -0.15) is 38.0 Å². The van der Waals surface area contributed by atoms with Gasteiger partial charge in [-0.05, 0) is 89.9 Å². The Kier molecular flexibility index (Phi) is 219. The molecular formula is C70H110Cl5Li7N4. The Morgan fingerprint density at radius 3 is 0.744 bits per heavy atom. The minimum atomic E-state index is 0. The molecule has 0 N–H and O–H groups in total. The molecule has 452 valence electrons. The summed E-state index contributed by atoms with van der Waals surface area (Å²) in [5.41, 5.74) is 5.40. The molecule has 0 radical (unpaired) electrons. The van der Waals surface area contributed by atoms with Gasteiger partial charge in [0.25, 0.3) is 0 Å². The molecule has 0 amide bonds. The van der Waals surface area contributed by atoms with Crippen LogP contribution in [-0.4, -0.2) is 19.9 Å². The van der Waals surface area contributed by atoms with Crippen molar-refractivity contribution in [3.63, 3.8) is 0 Å². The Bertz CT molecular complexity index is 1830. The van der Waals surface area contributed by atoms with Crippen LogP contribution in [0.2, 0.25) is 0 Å². The van der Waals surface area contributed by atoms with Crippen LogP contribution < -0.4 is 194 Å². The Morgan fingerprint density at radius 1 is 0.349 bits per heavy atom. The van der Waals surface area contributed by atoms with E-state index in [1.807, 2.05) is 185 Å². The van der Waals surface area contributed by atoms with Crippen molar-refractivity contribution in [3.05, 3.63) is 285 Å². The molecular weight excluding hydrogens is 1120 g/mol. The van der Waals surface area contributed by atoms with Gasteiger partial charge in [0.1, 0.15) is 0 Å². The fourth-order valence-electron chi connectivity index (χ4n) is 5.41. The number of benzene rings is 4. The molecule has 4 nitrogen and oxygen atoms in total. The van der Waals surface area contributed by atoms with E-state index in [1.54, 1.807) is 49.6 Å². The molecule has 0 aliphatic rings. The molecule has 0 aliphatic heterocycles. The quantitative estimate of drug-likeness (QED) is 0.107. The second-order valence-electron chi connectivity index (χ2n) is 13.0. The molecule has 8 aromatic rings. The van der Waals surface area contributed by atoms with Crippen molar-refractivity contribution in [2.45, 2.75) is 152 Å². The third kappa shape index (κ3) is 96.4. The molecule has 16 heteroatoms. The smallest absolute Gasteiger partial charge is 1.00 e. The molecule has 4 aromatic heterocycles. The van der Waals surface area contributed by atoms with Crippen molar-refractivity contribution < 1.29 is 194 Å². The Balaban J connectivity index is -0.0000000314. The van der Waals surface area contributed by atoms with Gasteiger partial charge in [0.05, 0.1) is 0 Å². The number of pyridine rings is 4. The van der Waals surface area contributed by atoms with Crippen LogP contribution in [0, 0.1) is 12.8 Å². The number of hydrogen-bond donors (Lipinski definition) is 0. The largest absolute Gasteiger partial charge is 1.00 e. The van der Waals surface area contributed by atoms with E-state index in [9.17, 15) is 0 Å². The Labute approximate surface area is 649 Å². The Hall–Kier alpha value is -1.28. The summed E-state index contributed by atoms with van der Waals surface area (Å²) in [6.07, 6.45) is 23.7. The van der Waals surface area contributed by atoms with Crippen molar-refractivity contribution in [1.82, 2.24) is 19.9 Å². The van der Waals surface area contributed by atoms with E-state index in [0.29, 0.717) is 11.8 Å². The van der Waals surface area contributed by atoms with Crippen molar-refractivity contribution >= 4 is 6.08 Å². The maximum absolute atomic E-state index is 3.78. The first kappa shape index (κ1) is 146. The van der Waals surface area contributed by atoms with E-state index in [-0.39, 0.29) is 239 Å². The zero-order chi connectivity index (χ0) is 50.8. The standard InChI is InChI=1S/C25H27.C8H8.4C5H5N.C3H7.4C2H6.6CH4.5ClH.7Li/c1-2-22(23-14-8-4-9-15-23)20-25(24-16-10-5-11-17-24)19-18-21-12-6-3-7-13-21;1-2-8-6-4-3-5-7-8;4*1-2-4-6-5-3-1;1-3-2;4*1-2;;;;;;;;;;;;;;;;;;/h3-18,22,25H,2,19-20H2,1H3;2-7H,1H2;4*1-5H;3H,1-2H3;4*1-2H3;6*1H4;5*1H;;;;;;;/q-1;;;;;;-1;;;;;;;;;;;;;;;;7*+1/p-5. The van der Waals surface area contributed by atoms with Gasteiger partial charge in [-0.25, -0.2) is 0 Å². The minimum absolute atomic E-state index is 0. The summed E-state index contributed by atoms with van der Waals surface area (Å²) in [6, 6.07) is 65.5. The summed E-state index contributed by atoms with van der Waals surface area (Å²) in [4.78, 5) is 15.1. The molecule has 0 saturated carbocycles. The van der Waals surface area contributed by atoms with Crippen molar-refractivity contribution in [2.24, 2.45) is 0 Å². The molecule has 0 spiro atoms. The number of nitrogens with zero attached hydrogens (tertiary/aromatic N) is 4. The number of hydrogen-bond acceptors (Lipinski definition) is 4. The first-order valence-corrected chi connectivity index (χ1v) is 24.5. The molecule has 0 fully saturated rings. The van der Waals surface area contributed by atoms with Gasteiger partial charge in [-0.1, -0.05) is 247 Å². The molecule has 0 saturated heterocycles. The average molecular weight is 1230 g/mol. The molecule has 2 atom stereocenters. The topological polar surface area (TPSA) is 51.6 Å². The van der Waals surface area contributed by atoms with E-state index >= 15 is 0 Å². The minimum Gasteiger partial charge on any atom is -1.00 e. The number of halogens is 5. The summed E-state index contributed by atoms with van der Waals surface area (Å²) in [5.74, 6) is 1.15. The van der Waals surface area contributed by atoms with Crippen LogP contribution in [0.5, 0.6) is 0 Å². The third-order valence-electron chi connectivity index (χ3n) is 8.34. The number of aromatic nitrogens is 4. The molecule has 86 heavy (non-hydrogen) atoms. The SMILES string of the molecule is C.C.C.C.C.C.C=Cc1ccccc1.CC.CC.CC.CC.CCC(CC(C[CH-]c1ccccc1)c1ccccc1)c1ccccc1.C[CH-]C.[Cl-].[Cl-].[Cl-].[Cl-].[Cl-].[Li+].[Li+].[Li+].[Li+].[Li+].[Li+].[Li+].c1ccncc1.c1ccncc1.c1ccncc1.c1ccncc1. The summed E-state index contributed by atoms with van der Waals surface area (Å²) >= 11 is 0. The zero-order valence-electron chi connectivity index (χ0n) is 52.5. The summed E-state index contributed by atoms with van der Waals surface area (Å²) in [7, 11) is 0.